The number of carbonyl (C=O) groups excluding carboxylic acids is 2. The first-order valence-corrected chi connectivity index (χ1v) is 6.43. The molecule has 0 radical (unpaired) electrons. The van der Waals surface area contributed by atoms with Gasteiger partial charge in [0, 0.05) is 18.5 Å². The Hall–Kier alpha value is -1.79. The quantitative estimate of drug-likeness (QED) is 0.683. The number of carbonyl (C=O) groups is 2. The summed E-state index contributed by atoms with van der Waals surface area (Å²) in [5.41, 5.74) is 11.6. The zero-order valence-corrected chi connectivity index (χ0v) is 13.0. The number of rotatable bonds is 7. The van der Waals surface area contributed by atoms with Crippen LogP contribution in [0.25, 0.3) is 0 Å². The highest BCUT2D eigenvalue weighted by atomic mass is 35.5. The zero-order chi connectivity index (χ0) is 15.1. The van der Waals surface area contributed by atoms with Crippen molar-refractivity contribution >= 4 is 24.2 Å². The highest BCUT2D eigenvalue weighted by Crippen LogP contribution is 2.13. The van der Waals surface area contributed by atoms with Crippen LogP contribution in [0.5, 0.6) is 5.75 Å². The first-order valence-electron chi connectivity index (χ1n) is 6.43. The summed E-state index contributed by atoms with van der Waals surface area (Å²) in [5.74, 6) is -0.335. The van der Waals surface area contributed by atoms with Crippen LogP contribution in [0.4, 0.5) is 0 Å². The number of hydrogen-bond acceptors (Lipinski definition) is 4. The lowest BCUT2D eigenvalue weighted by atomic mass is 10.0. The predicted molar refractivity (Wildman–Crippen MR) is 83.0 cm³/mol. The van der Waals surface area contributed by atoms with Gasteiger partial charge in [-0.2, -0.15) is 0 Å². The summed E-state index contributed by atoms with van der Waals surface area (Å²) in [7, 11) is 0. The molecule has 7 heteroatoms. The topological polar surface area (TPSA) is 107 Å². The van der Waals surface area contributed by atoms with Gasteiger partial charge in [0.1, 0.15) is 5.75 Å². The molecule has 0 aliphatic rings. The third kappa shape index (κ3) is 6.97. The van der Waals surface area contributed by atoms with E-state index in [2.05, 4.69) is 5.32 Å². The molecule has 21 heavy (non-hydrogen) atoms. The van der Waals surface area contributed by atoms with Gasteiger partial charge in [0.2, 0.25) is 5.91 Å². The van der Waals surface area contributed by atoms with Crippen LogP contribution < -0.4 is 21.5 Å². The Bertz CT molecular complexity index is 480. The van der Waals surface area contributed by atoms with Crippen LogP contribution in [0.2, 0.25) is 0 Å². The lowest BCUT2D eigenvalue weighted by Gasteiger charge is -2.15. The van der Waals surface area contributed by atoms with E-state index < -0.39 is 5.91 Å². The molecule has 0 aliphatic heterocycles. The number of benzene rings is 1. The number of primary amides is 1. The summed E-state index contributed by atoms with van der Waals surface area (Å²) in [6.07, 6.45) is 0. The number of ether oxygens (including phenoxy) is 1. The molecule has 2 amide bonds. The molecule has 6 nitrogen and oxygen atoms in total. The lowest BCUT2D eigenvalue weighted by Crippen LogP contribution is -2.38. The third-order valence-electron chi connectivity index (χ3n) is 2.95. The minimum Gasteiger partial charge on any atom is -0.484 e. The second-order valence-electron chi connectivity index (χ2n) is 4.77. The van der Waals surface area contributed by atoms with Gasteiger partial charge in [-0.15, -0.1) is 12.4 Å². The number of halogens is 1. The van der Waals surface area contributed by atoms with Gasteiger partial charge in [-0.3, -0.25) is 9.59 Å². The van der Waals surface area contributed by atoms with Crippen molar-refractivity contribution in [2.24, 2.45) is 17.4 Å². The molecule has 1 aromatic rings. The van der Waals surface area contributed by atoms with Crippen molar-refractivity contribution < 1.29 is 14.3 Å². The Kier molecular flexibility index (Phi) is 8.42. The molecule has 0 aliphatic carbocycles. The maximum atomic E-state index is 11.8. The Morgan fingerprint density at radius 3 is 2.57 bits per heavy atom. The average Bonchev–Trinajstić information content (AvgIpc) is 2.42. The molecular formula is C14H22ClN3O3. The van der Waals surface area contributed by atoms with Crippen LogP contribution >= 0.6 is 12.4 Å². The smallest absolute Gasteiger partial charge is 0.255 e. The Morgan fingerprint density at radius 2 is 2.00 bits per heavy atom. The molecule has 0 heterocycles. The summed E-state index contributed by atoms with van der Waals surface area (Å²) < 4.78 is 5.19. The Morgan fingerprint density at radius 1 is 1.33 bits per heavy atom. The second kappa shape index (κ2) is 9.20. The fraction of sp³-hybridized carbons (Fsp3) is 0.429. The Labute approximate surface area is 130 Å². The highest BCUT2D eigenvalue weighted by molar-refractivity contribution is 5.85. The molecule has 0 saturated heterocycles. The third-order valence-corrected chi connectivity index (χ3v) is 2.95. The van der Waals surface area contributed by atoms with Gasteiger partial charge < -0.3 is 21.5 Å². The molecule has 118 valence electrons. The van der Waals surface area contributed by atoms with Crippen LogP contribution in [0.3, 0.4) is 0 Å². The molecule has 2 atom stereocenters. The summed E-state index contributed by atoms with van der Waals surface area (Å²) in [6.45, 7) is 3.79. The first-order chi connectivity index (χ1) is 9.40. The number of nitrogens with one attached hydrogen (secondary N) is 1. The van der Waals surface area contributed by atoms with Crippen molar-refractivity contribution in [3.8, 4) is 5.75 Å². The van der Waals surface area contributed by atoms with Gasteiger partial charge in [0.25, 0.3) is 5.91 Å². The zero-order valence-electron chi connectivity index (χ0n) is 12.2. The molecular weight excluding hydrogens is 294 g/mol. The number of nitrogens with two attached hydrogens (primary N) is 2. The van der Waals surface area contributed by atoms with Crippen molar-refractivity contribution in [2.45, 2.75) is 26.4 Å². The monoisotopic (exact) mass is 315 g/mol. The number of amides is 2. The van der Waals surface area contributed by atoms with Crippen LogP contribution in [0.15, 0.2) is 24.3 Å². The van der Waals surface area contributed by atoms with Crippen LogP contribution in [-0.4, -0.2) is 24.5 Å². The SMILES string of the molecule is CC(N)C(C)C(=O)NCc1cccc(OCC(N)=O)c1.Cl. The summed E-state index contributed by atoms with van der Waals surface area (Å²) in [5, 5.41) is 2.81. The van der Waals surface area contributed by atoms with E-state index in [1.807, 2.05) is 6.07 Å². The Balaban J connectivity index is 0.00000400. The van der Waals surface area contributed by atoms with Crippen molar-refractivity contribution in [2.75, 3.05) is 6.61 Å². The molecule has 5 N–H and O–H groups in total. The van der Waals surface area contributed by atoms with E-state index in [0.29, 0.717) is 12.3 Å². The van der Waals surface area contributed by atoms with E-state index in [9.17, 15) is 9.59 Å². The molecule has 0 saturated carbocycles. The number of hydrogen-bond donors (Lipinski definition) is 3. The van der Waals surface area contributed by atoms with Gasteiger partial charge in [-0.05, 0) is 24.6 Å². The van der Waals surface area contributed by atoms with E-state index >= 15 is 0 Å². The fourth-order valence-electron chi connectivity index (χ4n) is 1.49. The standard InChI is InChI=1S/C14H21N3O3.ClH/c1-9(10(2)15)14(19)17-7-11-4-3-5-12(6-11)20-8-13(16)18;/h3-6,9-10H,7-8,15H2,1-2H3,(H2,16,18)(H,17,19);1H. The van der Waals surface area contributed by atoms with Gasteiger partial charge in [0.05, 0.1) is 0 Å². The molecule has 1 rings (SSSR count). The molecule has 0 spiro atoms. The van der Waals surface area contributed by atoms with E-state index in [1.54, 1.807) is 32.0 Å². The van der Waals surface area contributed by atoms with Gasteiger partial charge in [0.15, 0.2) is 6.61 Å². The van der Waals surface area contributed by atoms with Gasteiger partial charge in [-0.1, -0.05) is 19.1 Å². The molecule has 2 unspecified atom stereocenters. The largest absolute Gasteiger partial charge is 0.484 e. The molecule has 0 bridgehead atoms. The van der Waals surface area contributed by atoms with E-state index in [0.717, 1.165) is 5.56 Å². The lowest BCUT2D eigenvalue weighted by molar-refractivity contribution is -0.125. The first kappa shape index (κ1) is 19.2. The van der Waals surface area contributed by atoms with Crippen LogP contribution in [0, 0.1) is 5.92 Å². The maximum absolute atomic E-state index is 11.8. The fourth-order valence-corrected chi connectivity index (χ4v) is 1.49. The van der Waals surface area contributed by atoms with Crippen molar-refractivity contribution in [1.82, 2.24) is 5.32 Å². The molecule has 0 aromatic heterocycles. The van der Waals surface area contributed by atoms with Crippen molar-refractivity contribution in [3.05, 3.63) is 29.8 Å². The van der Waals surface area contributed by atoms with Gasteiger partial charge >= 0.3 is 0 Å². The van der Waals surface area contributed by atoms with Crippen LogP contribution in [0.1, 0.15) is 19.4 Å². The summed E-state index contributed by atoms with van der Waals surface area (Å²) in [4.78, 5) is 22.4. The van der Waals surface area contributed by atoms with Crippen molar-refractivity contribution in [3.63, 3.8) is 0 Å². The molecule has 1 aromatic carbocycles. The average molecular weight is 316 g/mol. The van der Waals surface area contributed by atoms with Crippen LogP contribution in [-0.2, 0) is 16.1 Å². The van der Waals surface area contributed by atoms with Crippen molar-refractivity contribution in [1.29, 1.82) is 0 Å². The minimum atomic E-state index is -0.533. The van der Waals surface area contributed by atoms with E-state index in [4.69, 9.17) is 16.2 Å². The van der Waals surface area contributed by atoms with E-state index in [-0.39, 0.29) is 36.9 Å². The summed E-state index contributed by atoms with van der Waals surface area (Å²) >= 11 is 0. The maximum Gasteiger partial charge on any atom is 0.255 e. The van der Waals surface area contributed by atoms with E-state index in [1.165, 1.54) is 0 Å². The molecule has 0 fully saturated rings. The highest BCUT2D eigenvalue weighted by Gasteiger charge is 2.16. The second-order valence-corrected chi connectivity index (χ2v) is 4.77. The predicted octanol–water partition coefficient (Wildman–Crippen LogP) is 0.572. The minimum absolute atomic E-state index is 0. The van der Waals surface area contributed by atoms with Gasteiger partial charge in [-0.25, -0.2) is 0 Å². The normalized spacial score (nSPS) is 12.7. The summed E-state index contributed by atoms with van der Waals surface area (Å²) in [6, 6.07) is 6.92.